The zero-order chi connectivity index (χ0) is 21.6. The van der Waals surface area contributed by atoms with Crippen molar-refractivity contribution in [3.8, 4) is 0 Å². The number of nitrogens with one attached hydrogen (secondary N) is 1. The molecule has 0 saturated heterocycles. The number of rotatable bonds is 10. The molecule has 4 heteroatoms. The van der Waals surface area contributed by atoms with Crippen LogP contribution in [0.3, 0.4) is 0 Å². The maximum Gasteiger partial charge on any atom is 0.229 e. The summed E-state index contributed by atoms with van der Waals surface area (Å²) in [6.07, 6.45) is 8.93. The molecule has 164 valence electrons. The Morgan fingerprint density at radius 1 is 1.03 bits per heavy atom. The van der Waals surface area contributed by atoms with Crippen molar-refractivity contribution in [3.05, 3.63) is 22.8 Å². The van der Waals surface area contributed by atoms with Crippen molar-refractivity contribution in [2.24, 2.45) is 5.41 Å². The first kappa shape index (κ1) is 23.7. The number of benzene rings is 1. The van der Waals surface area contributed by atoms with Gasteiger partial charge in [-0.3, -0.25) is 4.79 Å². The Morgan fingerprint density at radius 3 is 2.28 bits per heavy atom. The highest BCUT2D eigenvalue weighted by molar-refractivity contribution is 5.99. The molecule has 1 amide bonds. The zero-order valence-electron chi connectivity index (χ0n) is 20.0. The predicted octanol–water partition coefficient (Wildman–Crippen LogP) is 5.55. The molecule has 0 fully saturated rings. The Bertz CT molecular complexity index is 688. The standard InChI is InChI=1S/C25H43N3O/c1-19-18-20(2)22(26-24(29)25(3,4)5)23-21(19)14-17-28(23)16-13-11-9-8-10-12-15-27(6)7/h18H,8-17H2,1-7H3,(H,26,29). The molecule has 0 radical (unpaired) electrons. The SMILES string of the molecule is Cc1cc(C)c(NC(=O)C(C)(C)C)c2c1CCN2CCCCCCCCN(C)C. The van der Waals surface area contributed by atoms with E-state index >= 15 is 0 Å². The third kappa shape index (κ3) is 6.74. The van der Waals surface area contributed by atoms with Crippen molar-refractivity contribution in [1.82, 2.24) is 4.90 Å². The van der Waals surface area contributed by atoms with Crippen LogP contribution in [-0.2, 0) is 11.2 Å². The molecule has 29 heavy (non-hydrogen) atoms. The molecule has 0 aliphatic carbocycles. The average molecular weight is 402 g/mol. The number of unbranched alkanes of at least 4 members (excludes halogenated alkanes) is 5. The van der Waals surface area contributed by atoms with Crippen LogP contribution in [0.2, 0.25) is 0 Å². The monoisotopic (exact) mass is 401 g/mol. The van der Waals surface area contributed by atoms with Gasteiger partial charge >= 0.3 is 0 Å². The van der Waals surface area contributed by atoms with Crippen LogP contribution in [0.1, 0.15) is 76.0 Å². The molecule has 1 aliphatic heterocycles. The summed E-state index contributed by atoms with van der Waals surface area (Å²) in [6.45, 7) is 13.6. The Hall–Kier alpha value is -1.55. The largest absolute Gasteiger partial charge is 0.369 e. The highest BCUT2D eigenvalue weighted by atomic mass is 16.2. The van der Waals surface area contributed by atoms with Gasteiger partial charge in [0.2, 0.25) is 5.91 Å². The molecule has 1 N–H and O–H groups in total. The van der Waals surface area contributed by atoms with Gasteiger partial charge in [-0.25, -0.2) is 0 Å². The summed E-state index contributed by atoms with van der Waals surface area (Å²) in [5.74, 6) is 0.0937. The Balaban J connectivity index is 1.95. The van der Waals surface area contributed by atoms with E-state index in [4.69, 9.17) is 0 Å². The molecule has 4 nitrogen and oxygen atoms in total. The number of amides is 1. The second-order valence-electron chi connectivity index (χ2n) is 10.1. The van der Waals surface area contributed by atoms with Crippen molar-refractivity contribution >= 4 is 17.3 Å². The molecule has 0 spiro atoms. The number of anilines is 2. The molecule has 0 unspecified atom stereocenters. The lowest BCUT2D eigenvalue weighted by atomic mass is 9.94. The van der Waals surface area contributed by atoms with E-state index in [0.29, 0.717) is 0 Å². The van der Waals surface area contributed by atoms with E-state index in [1.807, 2.05) is 20.8 Å². The summed E-state index contributed by atoms with van der Waals surface area (Å²) < 4.78 is 0. The smallest absolute Gasteiger partial charge is 0.229 e. The topological polar surface area (TPSA) is 35.6 Å². The van der Waals surface area contributed by atoms with Gasteiger partial charge in [0.05, 0.1) is 11.4 Å². The predicted molar refractivity (Wildman–Crippen MR) is 126 cm³/mol. The Labute approximate surface area is 179 Å². The van der Waals surface area contributed by atoms with Crippen LogP contribution < -0.4 is 10.2 Å². The molecule has 0 atom stereocenters. The molecule has 0 saturated carbocycles. The number of aryl methyl sites for hydroxylation is 2. The van der Waals surface area contributed by atoms with E-state index < -0.39 is 0 Å². The van der Waals surface area contributed by atoms with Gasteiger partial charge in [0.25, 0.3) is 0 Å². The molecule has 0 bridgehead atoms. The average Bonchev–Trinajstić information content (AvgIpc) is 3.04. The first-order valence-electron chi connectivity index (χ1n) is 11.5. The quantitative estimate of drug-likeness (QED) is 0.522. The normalized spacial score (nSPS) is 13.9. The maximum atomic E-state index is 12.7. The highest BCUT2D eigenvalue weighted by Gasteiger charge is 2.28. The van der Waals surface area contributed by atoms with Crippen molar-refractivity contribution in [3.63, 3.8) is 0 Å². The third-order valence-corrected chi connectivity index (χ3v) is 5.98. The van der Waals surface area contributed by atoms with Crippen molar-refractivity contribution < 1.29 is 4.79 Å². The summed E-state index contributed by atoms with van der Waals surface area (Å²) in [6, 6.07) is 2.23. The van der Waals surface area contributed by atoms with E-state index in [9.17, 15) is 4.79 Å². The van der Waals surface area contributed by atoms with Crippen LogP contribution in [0.5, 0.6) is 0 Å². The van der Waals surface area contributed by atoms with Crippen LogP contribution in [0.25, 0.3) is 0 Å². The van der Waals surface area contributed by atoms with E-state index in [0.717, 1.165) is 25.2 Å². The van der Waals surface area contributed by atoms with Crippen LogP contribution in [0, 0.1) is 19.3 Å². The van der Waals surface area contributed by atoms with Gasteiger partial charge in [-0.2, -0.15) is 0 Å². The number of fused-ring (bicyclic) bond motifs is 1. The molecular weight excluding hydrogens is 358 g/mol. The summed E-state index contributed by atoms with van der Waals surface area (Å²) in [5, 5.41) is 3.26. The van der Waals surface area contributed by atoms with Gasteiger partial charge in [0, 0.05) is 18.5 Å². The second-order valence-corrected chi connectivity index (χ2v) is 10.1. The lowest BCUT2D eigenvalue weighted by Gasteiger charge is -2.26. The second kappa shape index (κ2) is 10.5. The number of hydrogen-bond acceptors (Lipinski definition) is 3. The molecule has 1 aromatic rings. The number of hydrogen-bond donors (Lipinski definition) is 1. The minimum Gasteiger partial charge on any atom is -0.369 e. The number of carbonyl (C=O) groups excluding carboxylic acids is 1. The van der Waals surface area contributed by atoms with Gasteiger partial charge in [-0.15, -0.1) is 0 Å². The molecule has 1 aromatic carbocycles. The van der Waals surface area contributed by atoms with E-state index in [2.05, 4.69) is 49.1 Å². The van der Waals surface area contributed by atoms with Crippen LogP contribution in [0.4, 0.5) is 11.4 Å². The van der Waals surface area contributed by atoms with E-state index in [-0.39, 0.29) is 11.3 Å². The Morgan fingerprint density at radius 2 is 1.66 bits per heavy atom. The lowest BCUT2D eigenvalue weighted by Crippen LogP contribution is -2.29. The van der Waals surface area contributed by atoms with E-state index in [1.165, 1.54) is 67.4 Å². The van der Waals surface area contributed by atoms with Crippen molar-refractivity contribution in [2.45, 2.75) is 79.6 Å². The van der Waals surface area contributed by atoms with Gasteiger partial charge < -0.3 is 15.1 Å². The van der Waals surface area contributed by atoms with Crippen LogP contribution >= 0.6 is 0 Å². The lowest BCUT2D eigenvalue weighted by molar-refractivity contribution is -0.123. The van der Waals surface area contributed by atoms with Gasteiger partial charge in [0.15, 0.2) is 0 Å². The highest BCUT2D eigenvalue weighted by Crippen LogP contribution is 2.40. The summed E-state index contributed by atoms with van der Waals surface area (Å²) >= 11 is 0. The third-order valence-electron chi connectivity index (χ3n) is 5.98. The summed E-state index contributed by atoms with van der Waals surface area (Å²) in [5.41, 5.74) is 5.88. The van der Waals surface area contributed by atoms with Gasteiger partial charge in [-0.1, -0.05) is 52.5 Å². The summed E-state index contributed by atoms with van der Waals surface area (Å²) in [4.78, 5) is 17.5. The molecule has 1 aliphatic rings. The Kier molecular flexibility index (Phi) is 8.57. The molecular formula is C25H43N3O. The van der Waals surface area contributed by atoms with Crippen LogP contribution in [-0.4, -0.2) is 44.5 Å². The minimum atomic E-state index is -0.389. The molecule has 2 rings (SSSR count). The van der Waals surface area contributed by atoms with E-state index in [1.54, 1.807) is 0 Å². The van der Waals surface area contributed by atoms with Gasteiger partial charge in [-0.05, 0) is 70.4 Å². The molecule has 1 heterocycles. The van der Waals surface area contributed by atoms with Crippen molar-refractivity contribution in [2.75, 3.05) is 43.9 Å². The summed E-state index contributed by atoms with van der Waals surface area (Å²) in [7, 11) is 4.30. The van der Waals surface area contributed by atoms with Gasteiger partial charge in [0.1, 0.15) is 0 Å². The van der Waals surface area contributed by atoms with Crippen molar-refractivity contribution in [1.29, 1.82) is 0 Å². The number of nitrogens with zero attached hydrogens (tertiary/aromatic N) is 2. The first-order chi connectivity index (χ1) is 13.6. The fourth-order valence-corrected chi connectivity index (χ4v) is 4.15. The minimum absolute atomic E-state index is 0.0937. The molecule has 0 aromatic heterocycles. The first-order valence-corrected chi connectivity index (χ1v) is 11.5. The maximum absolute atomic E-state index is 12.7. The fraction of sp³-hybridized carbons (Fsp3) is 0.720. The fourth-order valence-electron chi connectivity index (χ4n) is 4.15. The zero-order valence-corrected chi connectivity index (χ0v) is 20.0. The number of carbonyl (C=O) groups is 1. The van der Waals surface area contributed by atoms with Crippen LogP contribution in [0.15, 0.2) is 6.07 Å².